The van der Waals surface area contributed by atoms with Crippen LogP contribution in [0, 0.1) is 0 Å². The number of nitrogens with one attached hydrogen (secondary N) is 2. The Morgan fingerprint density at radius 1 is 1.10 bits per heavy atom. The lowest BCUT2D eigenvalue weighted by molar-refractivity contribution is -0.130. The molecule has 31 heavy (non-hydrogen) atoms. The van der Waals surface area contributed by atoms with Gasteiger partial charge in [-0.2, -0.15) is 0 Å². The molecular formula is C24H40N4O3. The van der Waals surface area contributed by atoms with E-state index in [9.17, 15) is 4.79 Å². The third-order valence-electron chi connectivity index (χ3n) is 5.86. The molecule has 1 fully saturated rings. The molecular weight excluding hydrogens is 392 g/mol. The molecule has 7 heteroatoms. The van der Waals surface area contributed by atoms with Gasteiger partial charge in [0.25, 0.3) is 0 Å². The van der Waals surface area contributed by atoms with E-state index in [0.717, 1.165) is 57.4 Å². The van der Waals surface area contributed by atoms with Gasteiger partial charge in [-0.05, 0) is 58.2 Å². The van der Waals surface area contributed by atoms with Crippen molar-refractivity contribution in [2.24, 2.45) is 4.99 Å². The predicted molar refractivity (Wildman–Crippen MR) is 126 cm³/mol. The Labute approximate surface area is 187 Å². The molecule has 0 radical (unpaired) electrons. The van der Waals surface area contributed by atoms with Gasteiger partial charge in [-0.25, -0.2) is 0 Å². The van der Waals surface area contributed by atoms with Gasteiger partial charge in [0.2, 0.25) is 5.91 Å². The zero-order valence-electron chi connectivity index (χ0n) is 19.7. The Hall–Kier alpha value is -2.28. The molecule has 0 saturated carbocycles. The molecule has 1 aliphatic rings. The standard InChI is InChI=1S/C24H40N4O3/c1-5-25-23(26-16-13-22(29)28(6-2)7-3)27-19-24(14-17-30-18-15-24)20-9-11-21(12-10-20)31-8-4/h9-12H,5-8,13-19H2,1-4H3,(H2,25,26,27). The maximum absolute atomic E-state index is 12.3. The van der Waals surface area contributed by atoms with Crippen LogP contribution in [0.1, 0.15) is 52.5 Å². The van der Waals surface area contributed by atoms with E-state index in [2.05, 4.69) is 29.7 Å². The topological polar surface area (TPSA) is 75.2 Å². The summed E-state index contributed by atoms with van der Waals surface area (Å²) < 4.78 is 11.3. The van der Waals surface area contributed by atoms with Crippen molar-refractivity contribution in [2.75, 3.05) is 52.5 Å². The average molecular weight is 433 g/mol. The molecule has 0 bridgehead atoms. The highest BCUT2D eigenvalue weighted by atomic mass is 16.5. The third kappa shape index (κ3) is 7.42. The maximum atomic E-state index is 12.3. The zero-order valence-corrected chi connectivity index (χ0v) is 19.7. The van der Waals surface area contributed by atoms with Crippen LogP contribution in [0.5, 0.6) is 5.75 Å². The van der Waals surface area contributed by atoms with Gasteiger partial charge < -0.3 is 25.0 Å². The van der Waals surface area contributed by atoms with Gasteiger partial charge in [0, 0.05) is 51.2 Å². The summed E-state index contributed by atoms with van der Waals surface area (Å²) in [5, 5.41) is 6.64. The second-order valence-corrected chi connectivity index (χ2v) is 7.79. The fraction of sp³-hybridized carbons (Fsp3) is 0.667. The fourth-order valence-corrected chi connectivity index (χ4v) is 3.97. The van der Waals surface area contributed by atoms with E-state index in [1.807, 2.05) is 37.8 Å². The lowest BCUT2D eigenvalue weighted by Gasteiger charge is -2.36. The predicted octanol–water partition coefficient (Wildman–Crippen LogP) is 2.95. The lowest BCUT2D eigenvalue weighted by Crippen LogP contribution is -2.42. The molecule has 2 N–H and O–H groups in total. The van der Waals surface area contributed by atoms with Crippen molar-refractivity contribution in [3.05, 3.63) is 29.8 Å². The summed E-state index contributed by atoms with van der Waals surface area (Å²) in [6.45, 7) is 13.7. The Balaban J connectivity index is 2.07. The highest BCUT2D eigenvalue weighted by molar-refractivity contribution is 5.81. The summed E-state index contributed by atoms with van der Waals surface area (Å²) >= 11 is 0. The number of amides is 1. The molecule has 0 aromatic heterocycles. The summed E-state index contributed by atoms with van der Waals surface area (Å²) in [6.07, 6.45) is 2.33. The van der Waals surface area contributed by atoms with Crippen LogP contribution in [-0.2, 0) is 14.9 Å². The first-order valence-corrected chi connectivity index (χ1v) is 11.7. The Bertz CT molecular complexity index is 681. The van der Waals surface area contributed by atoms with Crippen molar-refractivity contribution in [2.45, 2.75) is 52.4 Å². The average Bonchev–Trinajstić information content (AvgIpc) is 2.79. The molecule has 1 heterocycles. The monoisotopic (exact) mass is 432 g/mol. The first-order valence-electron chi connectivity index (χ1n) is 11.7. The fourth-order valence-electron chi connectivity index (χ4n) is 3.97. The van der Waals surface area contributed by atoms with Crippen LogP contribution in [0.4, 0.5) is 0 Å². The number of carbonyl (C=O) groups excluding carboxylic acids is 1. The quantitative estimate of drug-likeness (QED) is 0.415. The number of hydrogen-bond acceptors (Lipinski definition) is 4. The molecule has 174 valence electrons. The van der Waals surface area contributed by atoms with Gasteiger partial charge in [-0.3, -0.25) is 9.79 Å². The van der Waals surface area contributed by atoms with Crippen molar-refractivity contribution in [3.63, 3.8) is 0 Å². The van der Waals surface area contributed by atoms with Crippen molar-refractivity contribution in [3.8, 4) is 5.75 Å². The minimum Gasteiger partial charge on any atom is -0.494 e. The summed E-state index contributed by atoms with van der Waals surface area (Å²) in [5.41, 5.74) is 1.22. The number of guanidine groups is 1. The van der Waals surface area contributed by atoms with Crippen LogP contribution in [-0.4, -0.2) is 69.3 Å². The van der Waals surface area contributed by atoms with Gasteiger partial charge in [0.1, 0.15) is 5.75 Å². The highest BCUT2D eigenvalue weighted by Crippen LogP contribution is 2.36. The molecule has 1 amide bonds. The van der Waals surface area contributed by atoms with E-state index in [-0.39, 0.29) is 11.3 Å². The van der Waals surface area contributed by atoms with Crippen LogP contribution in [0.25, 0.3) is 0 Å². The first kappa shape index (κ1) is 25.0. The molecule has 2 rings (SSSR count). The number of aliphatic imine (C=N–C) groups is 1. The number of carbonyl (C=O) groups is 1. The van der Waals surface area contributed by atoms with Gasteiger partial charge >= 0.3 is 0 Å². The number of nitrogens with zero attached hydrogens (tertiary/aromatic N) is 2. The largest absolute Gasteiger partial charge is 0.494 e. The van der Waals surface area contributed by atoms with Crippen LogP contribution >= 0.6 is 0 Å². The van der Waals surface area contributed by atoms with Crippen LogP contribution < -0.4 is 15.4 Å². The molecule has 0 unspecified atom stereocenters. The van der Waals surface area contributed by atoms with Crippen molar-refractivity contribution in [1.82, 2.24) is 15.5 Å². The molecule has 1 aromatic carbocycles. The Morgan fingerprint density at radius 2 is 1.77 bits per heavy atom. The number of hydrogen-bond donors (Lipinski definition) is 2. The lowest BCUT2D eigenvalue weighted by atomic mass is 9.74. The first-order chi connectivity index (χ1) is 15.1. The summed E-state index contributed by atoms with van der Waals surface area (Å²) in [4.78, 5) is 19.0. The molecule has 1 saturated heterocycles. The van der Waals surface area contributed by atoms with Crippen LogP contribution in [0.3, 0.4) is 0 Å². The SMILES string of the molecule is CCNC(=NCC1(c2ccc(OCC)cc2)CCOCC1)NCCC(=O)N(CC)CC. The second-order valence-electron chi connectivity index (χ2n) is 7.79. The molecule has 1 aliphatic heterocycles. The minimum atomic E-state index is -0.0532. The van der Waals surface area contributed by atoms with E-state index in [1.54, 1.807) is 0 Å². The van der Waals surface area contributed by atoms with Gasteiger partial charge in [-0.1, -0.05) is 12.1 Å². The maximum Gasteiger partial charge on any atom is 0.224 e. The van der Waals surface area contributed by atoms with Gasteiger partial charge in [0.15, 0.2) is 5.96 Å². The normalized spacial score (nSPS) is 15.9. The van der Waals surface area contributed by atoms with Crippen molar-refractivity contribution < 1.29 is 14.3 Å². The Morgan fingerprint density at radius 3 is 2.35 bits per heavy atom. The van der Waals surface area contributed by atoms with Gasteiger partial charge in [0.05, 0.1) is 13.2 Å². The zero-order chi connectivity index (χ0) is 22.5. The molecule has 0 spiro atoms. The summed E-state index contributed by atoms with van der Waals surface area (Å²) in [7, 11) is 0. The Kier molecular flexibility index (Phi) is 10.6. The third-order valence-corrected chi connectivity index (χ3v) is 5.86. The number of benzene rings is 1. The summed E-state index contributed by atoms with van der Waals surface area (Å²) in [5.74, 6) is 1.82. The van der Waals surface area contributed by atoms with E-state index in [4.69, 9.17) is 14.5 Å². The number of ether oxygens (including phenoxy) is 2. The minimum absolute atomic E-state index is 0.0532. The second kappa shape index (κ2) is 13.2. The highest BCUT2D eigenvalue weighted by Gasteiger charge is 2.34. The van der Waals surface area contributed by atoms with E-state index in [1.165, 1.54) is 5.56 Å². The van der Waals surface area contributed by atoms with E-state index < -0.39 is 0 Å². The van der Waals surface area contributed by atoms with E-state index >= 15 is 0 Å². The van der Waals surface area contributed by atoms with E-state index in [0.29, 0.717) is 26.1 Å². The van der Waals surface area contributed by atoms with Crippen molar-refractivity contribution >= 4 is 11.9 Å². The van der Waals surface area contributed by atoms with Crippen molar-refractivity contribution in [1.29, 1.82) is 0 Å². The summed E-state index contributed by atoms with van der Waals surface area (Å²) in [6, 6.07) is 8.41. The molecule has 7 nitrogen and oxygen atoms in total. The van der Waals surface area contributed by atoms with Crippen LogP contribution in [0.15, 0.2) is 29.3 Å². The molecule has 0 atom stereocenters. The smallest absolute Gasteiger partial charge is 0.224 e. The number of rotatable bonds is 11. The molecule has 0 aliphatic carbocycles. The van der Waals surface area contributed by atoms with Gasteiger partial charge in [-0.15, -0.1) is 0 Å². The van der Waals surface area contributed by atoms with Crippen LogP contribution in [0.2, 0.25) is 0 Å². The molecule has 1 aromatic rings.